The van der Waals surface area contributed by atoms with Crippen LogP contribution in [0.3, 0.4) is 0 Å². The normalized spacial score (nSPS) is 16.1. The maximum Gasteiger partial charge on any atom is 0.290 e. The Morgan fingerprint density at radius 3 is 2.45 bits per heavy atom. The maximum atomic E-state index is 13.2. The Kier molecular flexibility index (Phi) is 6.11. The summed E-state index contributed by atoms with van der Waals surface area (Å²) in [5, 5.41) is 13.0. The largest absolute Gasteiger partial charge is 0.503 e. The molecule has 0 unspecified atom stereocenters. The smallest absolute Gasteiger partial charge is 0.290 e. The van der Waals surface area contributed by atoms with Crippen LogP contribution in [0.5, 0.6) is 5.75 Å². The van der Waals surface area contributed by atoms with E-state index in [1.54, 1.807) is 53.8 Å². The quantitative estimate of drug-likeness (QED) is 0.497. The monoisotopic (exact) mass is 453 g/mol. The highest BCUT2D eigenvalue weighted by molar-refractivity contribution is 7.12. The van der Waals surface area contributed by atoms with Gasteiger partial charge in [0.15, 0.2) is 5.76 Å². The molecular weight excluding hydrogens is 434 g/mol. The van der Waals surface area contributed by atoms with Crippen molar-refractivity contribution in [3.8, 4) is 5.75 Å². The summed E-state index contributed by atoms with van der Waals surface area (Å²) in [5.74, 6) is -0.627. The van der Waals surface area contributed by atoms with Gasteiger partial charge in [-0.1, -0.05) is 41.9 Å². The van der Waals surface area contributed by atoms with E-state index >= 15 is 0 Å². The Balaban J connectivity index is 1.67. The standard InChI is InChI=1S/C24H20ClNO4S/c1-30-18-10-4-15(5-11-18)12-13-26-21(16-6-8-17(25)9-7-16)20(23(28)24(26)29)22(27)19-3-2-14-31-19/h2-11,14,21,28H,12-13H2,1H3/t21-/m1/s1. The number of nitrogens with zero attached hydrogens (tertiary/aromatic N) is 1. The van der Waals surface area contributed by atoms with Crippen LogP contribution in [0.1, 0.15) is 26.8 Å². The number of aliphatic hydroxyl groups is 1. The zero-order valence-corrected chi connectivity index (χ0v) is 18.3. The molecule has 0 fully saturated rings. The summed E-state index contributed by atoms with van der Waals surface area (Å²) in [5.41, 5.74) is 1.84. The Morgan fingerprint density at radius 1 is 1.13 bits per heavy atom. The zero-order valence-electron chi connectivity index (χ0n) is 16.7. The molecule has 3 aromatic rings. The van der Waals surface area contributed by atoms with Crippen LogP contribution in [0.2, 0.25) is 5.02 Å². The number of methoxy groups -OCH3 is 1. The highest BCUT2D eigenvalue weighted by atomic mass is 35.5. The Labute approximate surface area is 189 Å². The Bertz CT molecular complexity index is 1120. The van der Waals surface area contributed by atoms with Gasteiger partial charge in [-0.05, 0) is 53.3 Å². The van der Waals surface area contributed by atoms with Crippen molar-refractivity contribution in [3.05, 3.63) is 98.4 Å². The van der Waals surface area contributed by atoms with Crippen LogP contribution in [0, 0.1) is 0 Å². The number of Topliss-reactive ketones (excluding diaryl/α,β-unsaturated/α-hetero) is 1. The first-order valence-electron chi connectivity index (χ1n) is 9.70. The van der Waals surface area contributed by atoms with Crippen molar-refractivity contribution >= 4 is 34.6 Å². The third-order valence-corrected chi connectivity index (χ3v) is 6.40. The lowest BCUT2D eigenvalue weighted by Crippen LogP contribution is -2.33. The van der Waals surface area contributed by atoms with Crippen LogP contribution < -0.4 is 4.74 Å². The summed E-state index contributed by atoms with van der Waals surface area (Å²) in [6, 6.07) is 17.3. The van der Waals surface area contributed by atoms with Crippen molar-refractivity contribution in [1.82, 2.24) is 4.90 Å². The van der Waals surface area contributed by atoms with Gasteiger partial charge in [-0.2, -0.15) is 0 Å². The van der Waals surface area contributed by atoms with E-state index in [-0.39, 0.29) is 11.4 Å². The van der Waals surface area contributed by atoms with Crippen LogP contribution in [0.25, 0.3) is 0 Å². The molecule has 0 saturated heterocycles. The number of ether oxygens (including phenoxy) is 1. The minimum atomic E-state index is -0.683. The van der Waals surface area contributed by atoms with Gasteiger partial charge in [-0.15, -0.1) is 11.3 Å². The molecule has 1 N–H and O–H groups in total. The molecule has 31 heavy (non-hydrogen) atoms. The lowest BCUT2D eigenvalue weighted by molar-refractivity contribution is -0.129. The molecule has 4 rings (SSSR count). The average molecular weight is 454 g/mol. The zero-order chi connectivity index (χ0) is 22.0. The van der Waals surface area contributed by atoms with Gasteiger partial charge in [0.1, 0.15) is 5.75 Å². The number of benzene rings is 2. The highest BCUT2D eigenvalue weighted by Crippen LogP contribution is 2.39. The Morgan fingerprint density at radius 2 is 1.84 bits per heavy atom. The predicted octanol–water partition coefficient (Wildman–Crippen LogP) is 5.23. The van der Waals surface area contributed by atoms with E-state index in [4.69, 9.17) is 16.3 Å². The van der Waals surface area contributed by atoms with Crippen LogP contribution in [0.4, 0.5) is 0 Å². The topological polar surface area (TPSA) is 66.8 Å². The maximum absolute atomic E-state index is 13.2. The fourth-order valence-corrected chi connectivity index (χ4v) is 4.49. The summed E-state index contributed by atoms with van der Waals surface area (Å²) in [6.07, 6.45) is 0.563. The van der Waals surface area contributed by atoms with Crippen LogP contribution in [-0.2, 0) is 11.2 Å². The van der Waals surface area contributed by atoms with E-state index in [1.165, 1.54) is 11.3 Å². The lowest BCUT2D eigenvalue weighted by atomic mass is 9.95. The number of hydrogen-bond donors (Lipinski definition) is 1. The number of halogens is 1. The molecule has 1 aliphatic heterocycles. The highest BCUT2D eigenvalue weighted by Gasteiger charge is 2.43. The number of carbonyl (C=O) groups excluding carboxylic acids is 2. The van der Waals surface area contributed by atoms with Crippen molar-refractivity contribution in [2.45, 2.75) is 12.5 Å². The minimum Gasteiger partial charge on any atom is -0.503 e. The summed E-state index contributed by atoms with van der Waals surface area (Å²) in [6.45, 7) is 0.337. The first-order chi connectivity index (χ1) is 15.0. The molecule has 1 atom stereocenters. The number of aliphatic hydroxyl groups excluding tert-OH is 1. The second-order valence-corrected chi connectivity index (χ2v) is 8.50. The van der Waals surface area contributed by atoms with Gasteiger partial charge in [0.25, 0.3) is 5.91 Å². The number of ketones is 1. The number of thiophene rings is 1. The first-order valence-corrected chi connectivity index (χ1v) is 11.0. The van der Waals surface area contributed by atoms with Crippen molar-refractivity contribution < 1.29 is 19.4 Å². The molecule has 158 valence electrons. The molecule has 0 aliphatic carbocycles. The van der Waals surface area contributed by atoms with E-state index < -0.39 is 17.7 Å². The molecular formula is C24H20ClNO4S. The molecule has 2 heterocycles. The van der Waals surface area contributed by atoms with E-state index in [0.717, 1.165) is 16.9 Å². The van der Waals surface area contributed by atoms with Crippen LogP contribution in [0.15, 0.2) is 77.4 Å². The van der Waals surface area contributed by atoms with Gasteiger partial charge in [-0.3, -0.25) is 9.59 Å². The molecule has 1 aromatic heterocycles. The molecule has 1 amide bonds. The molecule has 5 nitrogen and oxygen atoms in total. The third-order valence-electron chi connectivity index (χ3n) is 5.28. The molecule has 0 bridgehead atoms. The van der Waals surface area contributed by atoms with Gasteiger partial charge in [0.2, 0.25) is 5.78 Å². The molecule has 1 aliphatic rings. The molecule has 7 heteroatoms. The van der Waals surface area contributed by atoms with Crippen LogP contribution >= 0.6 is 22.9 Å². The second kappa shape index (κ2) is 8.96. The predicted molar refractivity (Wildman–Crippen MR) is 121 cm³/mol. The van der Waals surface area contributed by atoms with Crippen molar-refractivity contribution in [3.63, 3.8) is 0 Å². The van der Waals surface area contributed by atoms with Crippen molar-refractivity contribution in [2.75, 3.05) is 13.7 Å². The van der Waals surface area contributed by atoms with Crippen molar-refractivity contribution in [2.24, 2.45) is 0 Å². The minimum absolute atomic E-state index is 0.101. The SMILES string of the molecule is COc1ccc(CCN2C(=O)C(O)=C(C(=O)c3cccs3)[C@H]2c2ccc(Cl)cc2)cc1. The van der Waals surface area contributed by atoms with E-state index in [1.807, 2.05) is 24.3 Å². The summed E-state index contributed by atoms with van der Waals surface area (Å²) >= 11 is 7.32. The van der Waals surface area contributed by atoms with Gasteiger partial charge < -0.3 is 14.7 Å². The summed E-state index contributed by atoms with van der Waals surface area (Å²) in [4.78, 5) is 28.2. The number of amides is 1. The lowest BCUT2D eigenvalue weighted by Gasteiger charge is -2.27. The number of carbonyl (C=O) groups is 2. The molecule has 0 saturated carbocycles. The number of hydrogen-bond acceptors (Lipinski definition) is 5. The summed E-state index contributed by atoms with van der Waals surface area (Å²) < 4.78 is 5.19. The fraction of sp³-hybridized carbons (Fsp3) is 0.167. The summed E-state index contributed by atoms with van der Waals surface area (Å²) in [7, 11) is 1.61. The van der Waals surface area contributed by atoms with Gasteiger partial charge >= 0.3 is 0 Å². The van der Waals surface area contributed by atoms with E-state index in [2.05, 4.69) is 0 Å². The Hall–Kier alpha value is -3.09. The fourth-order valence-electron chi connectivity index (χ4n) is 3.69. The van der Waals surface area contributed by atoms with Gasteiger partial charge in [-0.25, -0.2) is 0 Å². The molecule has 0 radical (unpaired) electrons. The van der Waals surface area contributed by atoms with E-state index in [9.17, 15) is 14.7 Å². The van der Waals surface area contributed by atoms with E-state index in [0.29, 0.717) is 22.9 Å². The number of rotatable bonds is 7. The molecule has 0 spiro atoms. The first kappa shape index (κ1) is 21.2. The van der Waals surface area contributed by atoms with Crippen LogP contribution in [-0.4, -0.2) is 35.4 Å². The average Bonchev–Trinajstić information content (AvgIpc) is 3.41. The van der Waals surface area contributed by atoms with Crippen molar-refractivity contribution in [1.29, 1.82) is 0 Å². The van der Waals surface area contributed by atoms with Gasteiger partial charge in [0.05, 0.1) is 23.6 Å². The van der Waals surface area contributed by atoms with Gasteiger partial charge in [0, 0.05) is 11.6 Å². The third kappa shape index (κ3) is 4.22. The second-order valence-electron chi connectivity index (χ2n) is 7.12. The molecule has 2 aromatic carbocycles.